The summed E-state index contributed by atoms with van der Waals surface area (Å²) in [6.07, 6.45) is -0.244. The zero-order chi connectivity index (χ0) is 17.2. The van der Waals surface area contributed by atoms with E-state index in [1.807, 2.05) is 13.0 Å². The molecule has 23 heavy (non-hydrogen) atoms. The van der Waals surface area contributed by atoms with Gasteiger partial charge in [0.15, 0.2) is 0 Å². The summed E-state index contributed by atoms with van der Waals surface area (Å²) in [5.74, 6) is 0.183. The van der Waals surface area contributed by atoms with E-state index in [0.29, 0.717) is 5.75 Å². The fraction of sp³-hybridized carbons (Fsp3) is 0.500. The van der Waals surface area contributed by atoms with Crippen molar-refractivity contribution >= 4 is 23.2 Å². The van der Waals surface area contributed by atoms with Crippen molar-refractivity contribution < 1.29 is 24.0 Å². The van der Waals surface area contributed by atoms with Crippen LogP contribution in [0.25, 0.3) is 0 Å². The minimum Gasteiger partial charge on any atom is -0.616 e. The Balaban J connectivity index is 2.86. The van der Waals surface area contributed by atoms with E-state index in [4.69, 9.17) is 4.74 Å². The number of hydrogen-bond acceptors (Lipinski definition) is 4. The molecule has 1 rings (SSSR count). The average Bonchev–Trinajstić information content (AvgIpc) is 2.54. The number of benzene rings is 1. The van der Waals surface area contributed by atoms with Gasteiger partial charge < -0.3 is 14.4 Å². The van der Waals surface area contributed by atoms with Gasteiger partial charge >= 0.3 is 12.1 Å². The molecule has 2 atom stereocenters. The zero-order valence-electron chi connectivity index (χ0n) is 13.4. The Labute approximate surface area is 139 Å². The number of nitrogens with zero attached hydrogens (tertiary/aromatic N) is 1. The van der Waals surface area contributed by atoms with Gasteiger partial charge in [-0.1, -0.05) is 48.4 Å². The smallest absolute Gasteiger partial charge is 0.408 e. The third kappa shape index (κ3) is 6.50. The second-order valence-electron chi connectivity index (χ2n) is 5.07. The molecule has 0 aliphatic carbocycles. The van der Waals surface area contributed by atoms with Gasteiger partial charge in [0.25, 0.3) is 0 Å². The third-order valence-electron chi connectivity index (χ3n) is 3.34. The lowest BCUT2D eigenvalue weighted by Crippen LogP contribution is -2.45. The fourth-order valence-corrected chi connectivity index (χ4v) is 3.35. The van der Waals surface area contributed by atoms with Gasteiger partial charge in [0.1, 0.15) is 17.5 Å². The summed E-state index contributed by atoms with van der Waals surface area (Å²) in [6, 6.07) is 8.07. The normalized spacial score (nSPS) is 13.2. The number of esters is 1. The molecule has 0 saturated carbocycles. The minimum atomic E-state index is -1.20. The molecular formula is C16H23NO5S. The summed E-state index contributed by atoms with van der Waals surface area (Å²) in [7, 11) is 1.22. The number of ether oxygens (including phenoxy) is 1. The van der Waals surface area contributed by atoms with Crippen LogP contribution in [0.4, 0.5) is 4.79 Å². The van der Waals surface area contributed by atoms with E-state index in [0.717, 1.165) is 16.9 Å². The van der Waals surface area contributed by atoms with Crippen molar-refractivity contribution in [2.24, 2.45) is 0 Å². The standard InChI is InChI=1S/C16H23NO5S/c1-3-10-23(21)11-9-14(15(18)22-2)17(16(19)20)12-13-7-5-4-6-8-13/h4-8,14H,3,9-12H2,1-2H3,(H,19,20)/t14-,23?/m0/s1. The van der Waals surface area contributed by atoms with E-state index in [1.165, 1.54) is 7.11 Å². The van der Waals surface area contributed by atoms with Crippen LogP contribution in [0.3, 0.4) is 0 Å². The van der Waals surface area contributed by atoms with Gasteiger partial charge in [-0.2, -0.15) is 0 Å². The Kier molecular flexibility index (Phi) is 8.50. The number of carbonyl (C=O) groups is 2. The van der Waals surface area contributed by atoms with E-state index in [2.05, 4.69) is 0 Å². The van der Waals surface area contributed by atoms with Gasteiger partial charge in [-0.05, 0) is 12.0 Å². The second-order valence-corrected chi connectivity index (χ2v) is 6.77. The molecule has 128 valence electrons. The van der Waals surface area contributed by atoms with Gasteiger partial charge in [0, 0.05) is 13.0 Å². The van der Waals surface area contributed by atoms with E-state index >= 15 is 0 Å². The maximum Gasteiger partial charge on any atom is 0.408 e. The van der Waals surface area contributed by atoms with Crippen LogP contribution in [0.15, 0.2) is 30.3 Å². The van der Waals surface area contributed by atoms with E-state index in [9.17, 15) is 19.2 Å². The number of rotatable bonds is 9. The fourth-order valence-electron chi connectivity index (χ4n) is 2.20. The van der Waals surface area contributed by atoms with Crippen molar-refractivity contribution in [1.82, 2.24) is 4.90 Å². The van der Waals surface area contributed by atoms with E-state index in [1.54, 1.807) is 24.3 Å². The predicted octanol–water partition coefficient (Wildman–Crippen LogP) is 2.26. The van der Waals surface area contributed by atoms with Crippen LogP contribution in [0.2, 0.25) is 0 Å². The molecule has 0 heterocycles. The summed E-state index contributed by atoms with van der Waals surface area (Å²) in [5.41, 5.74) is 0.776. The monoisotopic (exact) mass is 341 g/mol. The molecule has 0 radical (unpaired) electrons. The molecule has 0 aliphatic heterocycles. The molecule has 1 aromatic carbocycles. The lowest BCUT2D eigenvalue weighted by Gasteiger charge is -2.27. The molecule has 1 aromatic rings. The van der Waals surface area contributed by atoms with Gasteiger partial charge in [-0.15, -0.1) is 0 Å². The van der Waals surface area contributed by atoms with Crippen molar-refractivity contribution in [3.63, 3.8) is 0 Å². The van der Waals surface area contributed by atoms with Crippen molar-refractivity contribution in [2.75, 3.05) is 18.6 Å². The Morgan fingerprint density at radius 1 is 1.30 bits per heavy atom. The molecule has 1 amide bonds. The first-order valence-electron chi connectivity index (χ1n) is 7.45. The largest absolute Gasteiger partial charge is 0.616 e. The first kappa shape index (κ1) is 19.3. The highest BCUT2D eigenvalue weighted by Gasteiger charge is 2.31. The zero-order valence-corrected chi connectivity index (χ0v) is 14.3. The summed E-state index contributed by atoms with van der Waals surface area (Å²) in [6.45, 7) is 2.00. The quantitative estimate of drug-likeness (QED) is 0.549. The van der Waals surface area contributed by atoms with Crippen LogP contribution >= 0.6 is 0 Å². The third-order valence-corrected chi connectivity index (χ3v) is 4.90. The Morgan fingerprint density at radius 3 is 2.48 bits per heavy atom. The number of amides is 1. The molecule has 0 fully saturated rings. The van der Waals surface area contributed by atoms with Crippen LogP contribution < -0.4 is 0 Å². The minimum absolute atomic E-state index is 0.0797. The first-order valence-corrected chi connectivity index (χ1v) is 8.94. The molecule has 1 unspecified atom stereocenters. The van der Waals surface area contributed by atoms with Crippen LogP contribution in [0.1, 0.15) is 25.3 Å². The Hall–Kier alpha value is -1.73. The highest BCUT2D eigenvalue weighted by atomic mass is 32.2. The van der Waals surface area contributed by atoms with Crippen LogP contribution in [0.5, 0.6) is 0 Å². The maximum atomic E-state index is 12.0. The van der Waals surface area contributed by atoms with Gasteiger partial charge in [0.05, 0.1) is 7.11 Å². The Bertz CT molecular complexity index is 497. The number of hydrogen-bond donors (Lipinski definition) is 1. The summed E-state index contributed by atoms with van der Waals surface area (Å²) in [5, 5.41) is 9.46. The van der Waals surface area contributed by atoms with Crippen LogP contribution in [-0.2, 0) is 27.3 Å². The van der Waals surface area contributed by atoms with Crippen molar-refractivity contribution in [1.29, 1.82) is 0 Å². The van der Waals surface area contributed by atoms with Crippen molar-refractivity contribution in [3.8, 4) is 0 Å². The molecule has 6 nitrogen and oxygen atoms in total. The molecule has 0 saturated heterocycles. The van der Waals surface area contributed by atoms with Gasteiger partial charge in [0.2, 0.25) is 0 Å². The lowest BCUT2D eigenvalue weighted by molar-refractivity contribution is -0.146. The second kappa shape index (κ2) is 10.1. The summed E-state index contributed by atoms with van der Waals surface area (Å²) >= 11 is -1.06. The predicted molar refractivity (Wildman–Crippen MR) is 88.6 cm³/mol. The van der Waals surface area contributed by atoms with Crippen LogP contribution in [0, 0.1) is 0 Å². The molecular weight excluding hydrogens is 318 g/mol. The van der Waals surface area contributed by atoms with Crippen molar-refractivity contribution in [2.45, 2.75) is 32.4 Å². The summed E-state index contributed by atoms with van der Waals surface area (Å²) < 4.78 is 16.5. The first-order chi connectivity index (χ1) is 11.0. The molecule has 7 heteroatoms. The van der Waals surface area contributed by atoms with Gasteiger partial charge in [-0.3, -0.25) is 4.90 Å². The highest BCUT2D eigenvalue weighted by molar-refractivity contribution is 7.91. The number of methoxy groups -OCH3 is 1. The molecule has 0 spiro atoms. The lowest BCUT2D eigenvalue weighted by atomic mass is 10.1. The number of carbonyl (C=O) groups excluding carboxylic acids is 1. The highest BCUT2D eigenvalue weighted by Crippen LogP contribution is 2.14. The molecule has 0 aliphatic rings. The number of carboxylic acid groups (broad SMARTS) is 1. The van der Waals surface area contributed by atoms with Crippen molar-refractivity contribution in [3.05, 3.63) is 35.9 Å². The van der Waals surface area contributed by atoms with Crippen LogP contribution in [-0.4, -0.2) is 51.3 Å². The topological polar surface area (TPSA) is 89.9 Å². The van der Waals surface area contributed by atoms with Gasteiger partial charge in [-0.25, -0.2) is 9.59 Å². The summed E-state index contributed by atoms with van der Waals surface area (Å²) in [4.78, 5) is 24.6. The van der Waals surface area contributed by atoms with E-state index in [-0.39, 0.29) is 18.7 Å². The average molecular weight is 341 g/mol. The Morgan fingerprint density at radius 2 is 1.96 bits per heavy atom. The van der Waals surface area contributed by atoms with E-state index < -0.39 is 29.3 Å². The maximum absolute atomic E-state index is 12.0. The SMILES string of the molecule is CCC[S+]([O-])CC[C@@H](C(=O)OC)N(Cc1ccccc1)C(=O)O. The molecule has 0 bridgehead atoms. The molecule has 1 N–H and O–H groups in total. The molecule has 0 aromatic heterocycles.